The van der Waals surface area contributed by atoms with Crippen molar-refractivity contribution >= 4 is 17.5 Å². The Labute approximate surface area is 213 Å². The van der Waals surface area contributed by atoms with E-state index in [0.717, 1.165) is 37.1 Å². The molecule has 0 aromatic heterocycles. The molecule has 0 aliphatic carbocycles. The van der Waals surface area contributed by atoms with Gasteiger partial charge in [0.1, 0.15) is 11.5 Å². The average molecular weight is 501 g/mol. The molecule has 2 aliphatic heterocycles. The summed E-state index contributed by atoms with van der Waals surface area (Å²) in [5.41, 5.74) is 0.748. The summed E-state index contributed by atoms with van der Waals surface area (Å²) >= 11 is 6.19. The number of halogens is 1. The molecule has 35 heavy (non-hydrogen) atoms. The Kier molecular flexibility index (Phi) is 8.22. The standard InChI is InChI=1S/C27H37ClN4O3/c1-5-7-23-25(19-8-10-20(28)11-9-19)30-27(29-23,26(33)32-16-14-31(3)15-17-32)22-13-12-21(34-4)18-24(22)35-6-2/h8-13,18,23,25,29-30H,5-7,14-17H2,1-4H3. The lowest BCUT2D eigenvalue weighted by atomic mass is 9.96. The quantitative estimate of drug-likeness (QED) is 0.575. The van der Waals surface area contributed by atoms with Crippen LogP contribution < -0.4 is 20.1 Å². The van der Waals surface area contributed by atoms with Gasteiger partial charge in [0.2, 0.25) is 0 Å². The number of piperazine rings is 1. The van der Waals surface area contributed by atoms with Crippen LogP contribution >= 0.6 is 11.6 Å². The Morgan fingerprint density at radius 2 is 1.80 bits per heavy atom. The Balaban J connectivity index is 1.82. The molecule has 3 atom stereocenters. The predicted molar refractivity (Wildman–Crippen MR) is 139 cm³/mol. The van der Waals surface area contributed by atoms with Crippen LogP contribution in [0.5, 0.6) is 11.5 Å². The van der Waals surface area contributed by atoms with Gasteiger partial charge in [-0.2, -0.15) is 0 Å². The van der Waals surface area contributed by atoms with Crippen LogP contribution in [0.25, 0.3) is 0 Å². The zero-order valence-electron chi connectivity index (χ0n) is 21.1. The average Bonchev–Trinajstić information content (AvgIpc) is 3.25. The van der Waals surface area contributed by atoms with Crippen LogP contribution in [-0.4, -0.2) is 68.7 Å². The summed E-state index contributed by atoms with van der Waals surface area (Å²) in [6, 6.07) is 13.6. The Bertz CT molecular complexity index is 1010. The van der Waals surface area contributed by atoms with E-state index in [2.05, 4.69) is 29.5 Å². The molecule has 7 nitrogen and oxygen atoms in total. The summed E-state index contributed by atoms with van der Waals surface area (Å²) in [7, 11) is 3.73. The zero-order chi connectivity index (χ0) is 25.0. The summed E-state index contributed by atoms with van der Waals surface area (Å²) in [4.78, 5) is 18.6. The third kappa shape index (κ3) is 5.28. The highest BCUT2D eigenvalue weighted by atomic mass is 35.5. The predicted octanol–water partition coefficient (Wildman–Crippen LogP) is 3.78. The van der Waals surface area contributed by atoms with Crippen LogP contribution in [0, 0.1) is 0 Å². The number of hydrogen-bond acceptors (Lipinski definition) is 6. The number of rotatable bonds is 8. The maximum atomic E-state index is 14.4. The largest absolute Gasteiger partial charge is 0.497 e. The SMILES string of the molecule is CCCC1NC(C(=O)N2CCN(C)CC2)(c2ccc(OC)cc2OCC)NC1c1ccc(Cl)cc1. The maximum Gasteiger partial charge on any atom is 0.262 e. The molecule has 4 rings (SSSR count). The molecule has 0 spiro atoms. The van der Waals surface area contributed by atoms with Crippen LogP contribution in [0.2, 0.25) is 5.02 Å². The van der Waals surface area contributed by atoms with E-state index in [4.69, 9.17) is 21.1 Å². The highest BCUT2D eigenvalue weighted by Gasteiger charge is 2.53. The highest BCUT2D eigenvalue weighted by molar-refractivity contribution is 6.30. The van der Waals surface area contributed by atoms with E-state index in [1.54, 1.807) is 7.11 Å². The van der Waals surface area contributed by atoms with Crippen molar-refractivity contribution in [3.63, 3.8) is 0 Å². The minimum Gasteiger partial charge on any atom is -0.497 e. The first-order valence-electron chi connectivity index (χ1n) is 12.5. The molecule has 3 unspecified atom stereocenters. The number of carbonyl (C=O) groups excluding carboxylic acids is 1. The molecule has 2 heterocycles. The van der Waals surface area contributed by atoms with Gasteiger partial charge in [-0.05, 0) is 50.2 Å². The van der Waals surface area contributed by atoms with Gasteiger partial charge in [-0.1, -0.05) is 37.1 Å². The van der Waals surface area contributed by atoms with Crippen molar-refractivity contribution in [2.75, 3.05) is 46.9 Å². The Morgan fingerprint density at radius 3 is 2.43 bits per heavy atom. The van der Waals surface area contributed by atoms with Crippen molar-refractivity contribution < 1.29 is 14.3 Å². The molecule has 190 valence electrons. The molecule has 0 bridgehead atoms. The molecule has 2 aromatic carbocycles. The monoisotopic (exact) mass is 500 g/mol. The highest BCUT2D eigenvalue weighted by Crippen LogP contribution is 2.41. The Hall–Kier alpha value is -2.32. The fourth-order valence-corrected chi connectivity index (χ4v) is 5.25. The fraction of sp³-hybridized carbons (Fsp3) is 0.519. The first kappa shape index (κ1) is 25.8. The van der Waals surface area contributed by atoms with Gasteiger partial charge in [-0.25, -0.2) is 0 Å². The first-order valence-corrected chi connectivity index (χ1v) is 12.9. The molecule has 2 saturated heterocycles. The van der Waals surface area contributed by atoms with E-state index >= 15 is 0 Å². The minimum absolute atomic E-state index is 0.0225. The zero-order valence-corrected chi connectivity index (χ0v) is 21.9. The number of methoxy groups -OCH3 is 1. The van der Waals surface area contributed by atoms with Gasteiger partial charge < -0.3 is 19.3 Å². The second-order valence-corrected chi connectivity index (χ2v) is 9.79. The van der Waals surface area contributed by atoms with Crippen LogP contribution in [0.3, 0.4) is 0 Å². The second kappa shape index (κ2) is 11.2. The molecular weight excluding hydrogens is 464 g/mol. The number of benzene rings is 2. The van der Waals surface area contributed by atoms with Crippen molar-refractivity contribution in [3.8, 4) is 11.5 Å². The first-order chi connectivity index (χ1) is 16.9. The number of nitrogens with zero attached hydrogens (tertiary/aromatic N) is 2. The number of likely N-dealkylation sites (N-methyl/N-ethyl adjacent to an activating group) is 1. The molecule has 8 heteroatoms. The van der Waals surface area contributed by atoms with E-state index in [1.807, 2.05) is 54.3 Å². The lowest BCUT2D eigenvalue weighted by Gasteiger charge is -2.40. The molecule has 2 N–H and O–H groups in total. The summed E-state index contributed by atoms with van der Waals surface area (Å²) < 4.78 is 11.5. The van der Waals surface area contributed by atoms with Crippen LogP contribution in [0.15, 0.2) is 42.5 Å². The van der Waals surface area contributed by atoms with Crippen molar-refractivity contribution in [2.45, 2.75) is 44.4 Å². The fourth-order valence-electron chi connectivity index (χ4n) is 5.13. The number of nitrogens with one attached hydrogen (secondary N) is 2. The summed E-state index contributed by atoms with van der Waals surface area (Å²) in [5.74, 6) is 1.35. The molecule has 0 saturated carbocycles. The molecule has 2 fully saturated rings. The van der Waals surface area contributed by atoms with Gasteiger partial charge in [0.25, 0.3) is 5.91 Å². The maximum absolute atomic E-state index is 14.4. The van der Waals surface area contributed by atoms with E-state index < -0.39 is 5.66 Å². The van der Waals surface area contributed by atoms with Crippen LogP contribution in [0.1, 0.15) is 43.9 Å². The van der Waals surface area contributed by atoms with Crippen molar-refractivity contribution in [2.24, 2.45) is 0 Å². The van der Waals surface area contributed by atoms with E-state index in [0.29, 0.717) is 36.2 Å². The Morgan fingerprint density at radius 1 is 1.09 bits per heavy atom. The van der Waals surface area contributed by atoms with Gasteiger partial charge in [-0.3, -0.25) is 15.4 Å². The van der Waals surface area contributed by atoms with Gasteiger partial charge in [0, 0.05) is 54.9 Å². The number of carbonyl (C=O) groups is 1. The van der Waals surface area contributed by atoms with E-state index in [-0.39, 0.29) is 18.0 Å². The van der Waals surface area contributed by atoms with Gasteiger partial charge >= 0.3 is 0 Å². The minimum atomic E-state index is -1.13. The normalized spacial score (nSPS) is 25.0. The van der Waals surface area contributed by atoms with E-state index in [1.165, 1.54) is 0 Å². The molecule has 2 aromatic rings. The molecular formula is C27H37ClN4O3. The third-order valence-corrected chi connectivity index (χ3v) is 7.26. The molecule has 1 amide bonds. The second-order valence-electron chi connectivity index (χ2n) is 9.35. The van der Waals surface area contributed by atoms with Crippen molar-refractivity contribution in [1.29, 1.82) is 0 Å². The number of amides is 1. The summed E-state index contributed by atoms with van der Waals surface area (Å²) in [5, 5.41) is 8.21. The summed E-state index contributed by atoms with van der Waals surface area (Å²) in [6.45, 7) is 7.67. The van der Waals surface area contributed by atoms with Gasteiger partial charge in [0.15, 0.2) is 5.66 Å². The van der Waals surface area contributed by atoms with Crippen molar-refractivity contribution in [1.82, 2.24) is 20.4 Å². The number of hydrogen-bond donors (Lipinski definition) is 2. The molecule has 0 radical (unpaired) electrons. The lowest BCUT2D eigenvalue weighted by molar-refractivity contribution is -0.141. The van der Waals surface area contributed by atoms with Crippen molar-refractivity contribution in [3.05, 3.63) is 58.6 Å². The third-order valence-electron chi connectivity index (χ3n) is 7.01. The molecule has 2 aliphatic rings. The number of ether oxygens (including phenoxy) is 2. The van der Waals surface area contributed by atoms with Gasteiger partial charge in [-0.15, -0.1) is 0 Å². The smallest absolute Gasteiger partial charge is 0.262 e. The topological polar surface area (TPSA) is 66.1 Å². The lowest BCUT2D eigenvalue weighted by Crippen LogP contribution is -2.62. The van der Waals surface area contributed by atoms with Crippen LogP contribution in [-0.2, 0) is 10.5 Å². The van der Waals surface area contributed by atoms with E-state index in [9.17, 15) is 4.79 Å². The van der Waals surface area contributed by atoms with Crippen LogP contribution in [0.4, 0.5) is 0 Å². The van der Waals surface area contributed by atoms with Gasteiger partial charge in [0.05, 0.1) is 13.7 Å². The summed E-state index contributed by atoms with van der Waals surface area (Å²) in [6.07, 6.45) is 1.90.